The van der Waals surface area contributed by atoms with Crippen LogP contribution in [0, 0.1) is 5.92 Å². The fourth-order valence-corrected chi connectivity index (χ4v) is 2.44. The van der Waals surface area contributed by atoms with E-state index in [2.05, 4.69) is 47.9 Å². The van der Waals surface area contributed by atoms with Crippen LogP contribution in [0.5, 0.6) is 0 Å². The lowest BCUT2D eigenvalue weighted by Gasteiger charge is -2.16. The summed E-state index contributed by atoms with van der Waals surface area (Å²) in [5.74, 6) is 0.688. The first-order chi connectivity index (χ1) is 8.65. The minimum Gasteiger partial charge on any atom is -0.310 e. The zero-order valence-electron chi connectivity index (χ0n) is 11.8. The number of nitrogens with one attached hydrogen (secondary N) is 1. The van der Waals surface area contributed by atoms with Gasteiger partial charge in [-0.05, 0) is 19.0 Å². The molecule has 0 bridgehead atoms. The average molecular weight is 267 g/mol. The normalized spacial score (nSPS) is 11.4. The van der Waals surface area contributed by atoms with Gasteiger partial charge in [0.15, 0.2) is 0 Å². The fraction of sp³-hybridized carbons (Fsp3) is 0.643. The van der Waals surface area contributed by atoms with Crippen LogP contribution >= 0.6 is 11.3 Å². The van der Waals surface area contributed by atoms with Crippen LogP contribution < -0.4 is 5.32 Å². The zero-order valence-corrected chi connectivity index (χ0v) is 12.6. The van der Waals surface area contributed by atoms with Gasteiger partial charge in [-0.1, -0.05) is 26.8 Å². The van der Waals surface area contributed by atoms with Gasteiger partial charge in [-0.25, -0.2) is 4.98 Å². The predicted molar refractivity (Wildman–Crippen MR) is 79.8 cm³/mol. The maximum atomic E-state index is 4.66. The molecule has 0 saturated heterocycles. The van der Waals surface area contributed by atoms with Crippen LogP contribution in [0.15, 0.2) is 18.0 Å². The van der Waals surface area contributed by atoms with Gasteiger partial charge in [-0.15, -0.1) is 17.9 Å². The van der Waals surface area contributed by atoms with Crippen molar-refractivity contribution in [3.63, 3.8) is 0 Å². The van der Waals surface area contributed by atoms with Crippen molar-refractivity contribution >= 4 is 11.3 Å². The summed E-state index contributed by atoms with van der Waals surface area (Å²) in [4.78, 5) is 6.98. The van der Waals surface area contributed by atoms with Gasteiger partial charge in [-0.2, -0.15) is 0 Å². The van der Waals surface area contributed by atoms with E-state index < -0.39 is 0 Å². The smallest absolute Gasteiger partial charge is 0.107 e. The molecular formula is C14H25N3S. The third-order valence-electron chi connectivity index (χ3n) is 2.65. The highest BCUT2D eigenvalue weighted by Gasteiger charge is 2.06. The maximum Gasteiger partial charge on any atom is 0.107 e. The van der Waals surface area contributed by atoms with Gasteiger partial charge in [0.1, 0.15) is 5.01 Å². The van der Waals surface area contributed by atoms with Crippen molar-refractivity contribution in [2.24, 2.45) is 5.92 Å². The maximum absolute atomic E-state index is 4.66. The first-order valence-electron chi connectivity index (χ1n) is 6.63. The van der Waals surface area contributed by atoms with Crippen LogP contribution in [-0.4, -0.2) is 29.5 Å². The second-order valence-electron chi connectivity index (χ2n) is 4.87. The molecule has 0 atom stereocenters. The number of thiazole rings is 1. The molecule has 4 heteroatoms. The monoisotopic (exact) mass is 267 g/mol. The summed E-state index contributed by atoms with van der Waals surface area (Å²) in [5.41, 5.74) is 1.17. The number of likely N-dealkylation sites (N-methyl/N-ethyl adjacent to an activating group) is 1. The third-order valence-corrected chi connectivity index (χ3v) is 3.55. The average Bonchev–Trinajstić information content (AvgIpc) is 2.76. The van der Waals surface area contributed by atoms with Crippen molar-refractivity contribution in [3.05, 3.63) is 28.7 Å². The van der Waals surface area contributed by atoms with E-state index in [9.17, 15) is 0 Å². The molecule has 1 aromatic rings. The molecule has 3 nitrogen and oxygen atoms in total. The Morgan fingerprint density at radius 1 is 1.56 bits per heavy atom. The Hall–Kier alpha value is -0.710. The molecule has 0 saturated carbocycles. The van der Waals surface area contributed by atoms with Crippen LogP contribution in [0.1, 0.15) is 31.5 Å². The SMILES string of the molecule is C=CCN(CC)Cc1csc(CNCC(C)C)n1. The second-order valence-corrected chi connectivity index (χ2v) is 5.82. The fourth-order valence-electron chi connectivity index (χ4n) is 1.69. The van der Waals surface area contributed by atoms with Gasteiger partial charge in [-0.3, -0.25) is 4.90 Å². The summed E-state index contributed by atoms with van der Waals surface area (Å²) >= 11 is 1.75. The molecule has 0 unspecified atom stereocenters. The molecule has 0 spiro atoms. The number of hydrogen-bond donors (Lipinski definition) is 1. The van der Waals surface area contributed by atoms with E-state index >= 15 is 0 Å². The van der Waals surface area contributed by atoms with E-state index in [4.69, 9.17) is 0 Å². The van der Waals surface area contributed by atoms with Gasteiger partial charge in [0.25, 0.3) is 0 Å². The summed E-state index contributed by atoms with van der Waals surface area (Å²) in [6, 6.07) is 0. The van der Waals surface area contributed by atoms with Crippen LogP contribution in [-0.2, 0) is 13.1 Å². The first-order valence-corrected chi connectivity index (χ1v) is 7.50. The molecule has 18 heavy (non-hydrogen) atoms. The van der Waals surface area contributed by atoms with Gasteiger partial charge in [0.2, 0.25) is 0 Å². The summed E-state index contributed by atoms with van der Waals surface area (Å²) < 4.78 is 0. The van der Waals surface area contributed by atoms with E-state index in [-0.39, 0.29) is 0 Å². The largest absolute Gasteiger partial charge is 0.310 e. The second kappa shape index (κ2) is 8.40. The summed E-state index contributed by atoms with van der Waals surface area (Å²) in [6.07, 6.45) is 1.95. The molecule has 102 valence electrons. The molecule has 0 radical (unpaired) electrons. The van der Waals surface area contributed by atoms with Gasteiger partial charge in [0.05, 0.1) is 5.69 Å². The Morgan fingerprint density at radius 2 is 2.33 bits per heavy atom. The minimum absolute atomic E-state index is 0.688. The van der Waals surface area contributed by atoms with E-state index in [1.54, 1.807) is 11.3 Å². The Balaban J connectivity index is 2.39. The van der Waals surface area contributed by atoms with Crippen LogP contribution in [0.3, 0.4) is 0 Å². The topological polar surface area (TPSA) is 28.2 Å². The third kappa shape index (κ3) is 5.76. The highest BCUT2D eigenvalue weighted by molar-refractivity contribution is 7.09. The molecule has 0 fully saturated rings. The van der Waals surface area contributed by atoms with Crippen molar-refractivity contribution in [3.8, 4) is 0 Å². The highest BCUT2D eigenvalue weighted by Crippen LogP contribution is 2.11. The Morgan fingerprint density at radius 3 is 2.94 bits per heavy atom. The van der Waals surface area contributed by atoms with Crippen molar-refractivity contribution < 1.29 is 0 Å². The number of aromatic nitrogens is 1. The van der Waals surface area contributed by atoms with E-state index in [0.29, 0.717) is 5.92 Å². The van der Waals surface area contributed by atoms with Crippen molar-refractivity contribution in [2.45, 2.75) is 33.9 Å². The lowest BCUT2D eigenvalue weighted by Crippen LogP contribution is -2.23. The molecule has 1 N–H and O–H groups in total. The summed E-state index contributed by atoms with van der Waals surface area (Å²) in [5, 5.41) is 6.77. The lowest BCUT2D eigenvalue weighted by molar-refractivity contribution is 0.308. The Kier molecular flexibility index (Phi) is 7.16. The van der Waals surface area contributed by atoms with E-state index in [1.807, 2.05) is 6.08 Å². The molecule has 1 rings (SSSR count). The summed E-state index contributed by atoms with van der Waals surface area (Å²) in [6.45, 7) is 15.2. The number of hydrogen-bond acceptors (Lipinski definition) is 4. The standard InChI is InChI=1S/C14H25N3S/c1-5-7-17(6-2)10-13-11-18-14(16-13)9-15-8-12(3)4/h5,11-12,15H,1,6-10H2,2-4H3. The zero-order chi connectivity index (χ0) is 13.4. The summed E-state index contributed by atoms with van der Waals surface area (Å²) in [7, 11) is 0. The van der Waals surface area contributed by atoms with Crippen LogP contribution in [0.25, 0.3) is 0 Å². The Bertz CT molecular complexity index is 347. The van der Waals surface area contributed by atoms with Crippen LogP contribution in [0.2, 0.25) is 0 Å². The number of nitrogens with zero attached hydrogens (tertiary/aromatic N) is 2. The predicted octanol–water partition coefficient (Wildman–Crippen LogP) is 2.90. The molecule has 0 aliphatic rings. The van der Waals surface area contributed by atoms with Crippen molar-refractivity contribution in [1.29, 1.82) is 0 Å². The van der Waals surface area contributed by atoms with Gasteiger partial charge in [0, 0.05) is 25.0 Å². The van der Waals surface area contributed by atoms with E-state index in [1.165, 1.54) is 10.7 Å². The van der Waals surface area contributed by atoms with Gasteiger partial charge < -0.3 is 5.32 Å². The first kappa shape index (κ1) is 15.3. The lowest BCUT2D eigenvalue weighted by atomic mass is 10.2. The molecule has 0 aliphatic carbocycles. The molecule has 0 aliphatic heterocycles. The Labute approximate surface area is 115 Å². The quantitative estimate of drug-likeness (QED) is 0.697. The van der Waals surface area contributed by atoms with E-state index in [0.717, 1.165) is 32.7 Å². The van der Waals surface area contributed by atoms with Crippen molar-refractivity contribution in [2.75, 3.05) is 19.6 Å². The minimum atomic E-state index is 0.688. The molecule has 1 aromatic heterocycles. The van der Waals surface area contributed by atoms with Crippen LogP contribution in [0.4, 0.5) is 0 Å². The molecular weight excluding hydrogens is 242 g/mol. The van der Waals surface area contributed by atoms with Gasteiger partial charge >= 0.3 is 0 Å². The molecule has 1 heterocycles. The number of rotatable bonds is 9. The van der Waals surface area contributed by atoms with Crippen molar-refractivity contribution in [1.82, 2.24) is 15.2 Å². The molecule has 0 aromatic carbocycles. The highest BCUT2D eigenvalue weighted by atomic mass is 32.1. The molecule has 0 amide bonds.